The van der Waals surface area contributed by atoms with Crippen LogP contribution in [0.5, 0.6) is 0 Å². The van der Waals surface area contributed by atoms with Crippen molar-refractivity contribution in [1.29, 1.82) is 0 Å². The van der Waals surface area contributed by atoms with Gasteiger partial charge in [0.05, 0.1) is 6.20 Å². The molecule has 19 heavy (non-hydrogen) atoms. The zero-order valence-electron chi connectivity index (χ0n) is 11.3. The van der Waals surface area contributed by atoms with E-state index in [0.29, 0.717) is 5.92 Å². The Hall–Kier alpha value is -1.69. The van der Waals surface area contributed by atoms with E-state index in [0.717, 1.165) is 19.6 Å². The third-order valence-electron chi connectivity index (χ3n) is 3.68. The molecule has 0 radical (unpaired) electrons. The van der Waals surface area contributed by atoms with Gasteiger partial charge in [-0.1, -0.05) is 0 Å². The summed E-state index contributed by atoms with van der Waals surface area (Å²) in [5, 5.41) is 8.43. The zero-order valence-corrected chi connectivity index (χ0v) is 11.3. The highest BCUT2D eigenvalue weighted by Crippen LogP contribution is 2.19. The van der Waals surface area contributed by atoms with Gasteiger partial charge in [-0.05, 0) is 25.3 Å². The highest BCUT2D eigenvalue weighted by atomic mass is 15.3. The summed E-state index contributed by atoms with van der Waals surface area (Å²) in [7, 11) is 1.97. The zero-order chi connectivity index (χ0) is 13.1. The quantitative estimate of drug-likeness (QED) is 0.820. The summed E-state index contributed by atoms with van der Waals surface area (Å²) in [6.07, 6.45) is 10.0. The highest BCUT2D eigenvalue weighted by molar-refractivity contribution is 5.03. The van der Waals surface area contributed by atoms with Gasteiger partial charge in [-0.3, -0.25) is 14.3 Å². The van der Waals surface area contributed by atoms with E-state index in [4.69, 9.17) is 0 Å². The third kappa shape index (κ3) is 3.20. The van der Waals surface area contributed by atoms with Gasteiger partial charge in [0, 0.05) is 38.4 Å². The molecular weight excluding hydrogens is 240 g/mol. The first-order valence-corrected chi connectivity index (χ1v) is 6.82. The molecule has 102 valence electrons. The molecule has 0 aromatic carbocycles. The lowest BCUT2D eigenvalue weighted by Crippen LogP contribution is -2.36. The lowest BCUT2D eigenvalue weighted by Gasteiger charge is -2.32. The molecule has 3 heterocycles. The summed E-state index contributed by atoms with van der Waals surface area (Å²) in [4.78, 5) is 6.52. The first-order valence-electron chi connectivity index (χ1n) is 6.82. The molecule has 0 amide bonds. The van der Waals surface area contributed by atoms with Crippen molar-refractivity contribution in [1.82, 2.24) is 29.4 Å². The molecule has 0 aliphatic carbocycles. The summed E-state index contributed by atoms with van der Waals surface area (Å²) in [5.74, 6) is 0.673. The van der Waals surface area contributed by atoms with Crippen molar-refractivity contribution >= 4 is 0 Å². The van der Waals surface area contributed by atoms with Crippen molar-refractivity contribution in [2.45, 2.75) is 25.9 Å². The van der Waals surface area contributed by atoms with Crippen molar-refractivity contribution in [3.63, 3.8) is 0 Å². The van der Waals surface area contributed by atoms with Crippen LogP contribution < -0.4 is 0 Å². The predicted octanol–water partition coefficient (Wildman–Crippen LogP) is 0.924. The number of rotatable bonds is 4. The minimum atomic E-state index is 0.673. The number of hydrogen-bond donors (Lipinski definition) is 0. The van der Waals surface area contributed by atoms with Crippen LogP contribution in [-0.2, 0) is 20.1 Å². The van der Waals surface area contributed by atoms with Crippen molar-refractivity contribution in [3.8, 4) is 0 Å². The number of piperidine rings is 1. The van der Waals surface area contributed by atoms with Gasteiger partial charge in [-0.2, -0.15) is 10.2 Å². The molecule has 6 heteroatoms. The topological polar surface area (TPSA) is 51.8 Å². The number of likely N-dealkylation sites (tertiary alicyclic amines) is 1. The van der Waals surface area contributed by atoms with Crippen LogP contribution in [0.15, 0.2) is 25.0 Å². The molecule has 1 aliphatic rings. The largest absolute Gasteiger partial charge is 0.299 e. The maximum Gasteiger partial charge on any atom is 0.137 e. The highest BCUT2D eigenvalue weighted by Gasteiger charge is 2.20. The van der Waals surface area contributed by atoms with E-state index < -0.39 is 0 Å². The predicted molar refractivity (Wildman–Crippen MR) is 71.2 cm³/mol. The molecule has 2 aromatic rings. The fraction of sp³-hybridized carbons (Fsp3) is 0.615. The Kier molecular flexibility index (Phi) is 3.59. The molecule has 0 saturated carbocycles. The maximum absolute atomic E-state index is 4.23. The number of hydrogen-bond acceptors (Lipinski definition) is 4. The van der Waals surface area contributed by atoms with Crippen molar-refractivity contribution < 1.29 is 0 Å². The molecule has 1 aliphatic heterocycles. The van der Waals surface area contributed by atoms with Gasteiger partial charge >= 0.3 is 0 Å². The Morgan fingerprint density at radius 1 is 1.37 bits per heavy atom. The Balaban J connectivity index is 1.55. The molecule has 1 fully saturated rings. The van der Waals surface area contributed by atoms with E-state index >= 15 is 0 Å². The van der Waals surface area contributed by atoms with Crippen LogP contribution in [0.2, 0.25) is 0 Å². The number of nitrogens with zero attached hydrogens (tertiary/aromatic N) is 6. The third-order valence-corrected chi connectivity index (χ3v) is 3.68. The molecule has 0 spiro atoms. The van der Waals surface area contributed by atoms with Gasteiger partial charge in [-0.15, -0.1) is 0 Å². The Labute approximate surface area is 113 Å². The average Bonchev–Trinajstić information content (AvgIpc) is 3.02. The maximum atomic E-state index is 4.23. The second kappa shape index (κ2) is 5.52. The normalized spacial score (nSPS) is 20.8. The Morgan fingerprint density at radius 3 is 3.05 bits per heavy atom. The molecule has 6 nitrogen and oxygen atoms in total. The molecular formula is C13H20N6. The van der Waals surface area contributed by atoms with E-state index in [-0.39, 0.29) is 0 Å². The summed E-state index contributed by atoms with van der Waals surface area (Å²) < 4.78 is 3.81. The minimum Gasteiger partial charge on any atom is -0.299 e. The van der Waals surface area contributed by atoms with E-state index in [1.807, 2.05) is 22.6 Å². The smallest absolute Gasteiger partial charge is 0.137 e. The van der Waals surface area contributed by atoms with Crippen LogP contribution in [0.4, 0.5) is 0 Å². The monoisotopic (exact) mass is 260 g/mol. The van der Waals surface area contributed by atoms with Crippen LogP contribution in [0.3, 0.4) is 0 Å². The standard InChI is InChI=1S/C13H20N6/c1-17-6-13(5-15-17)8-18-4-2-3-12(7-18)9-19-11-14-10-16-19/h5-6,10-12H,2-4,7-9H2,1H3/t12-/m1/s1. The summed E-state index contributed by atoms with van der Waals surface area (Å²) in [6, 6.07) is 0. The molecule has 0 unspecified atom stereocenters. The Morgan fingerprint density at radius 2 is 2.32 bits per heavy atom. The SMILES string of the molecule is Cn1cc(CN2CCC[C@@H](Cn3cncn3)C2)cn1. The van der Waals surface area contributed by atoms with Crippen LogP contribution in [-0.4, -0.2) is 42.5 Å². The van der Waals surface area contributed by atoms with Crippen LogP contribution in [0, 0.1) is 5.92 Å². The molecule has 1 atom stereocenters. The molecule has 0 N–H and O–H groups in total. The first kappa shape index (κ1) is 12.3. The second-order valence-electron chi connectivity index (χ2n) is 5.38. The van der Waals surface area contributed by atoms with Crippen LogP contribution in [0.25, 0.3) is 0 Å². The number of aryl methyl sites for hydroxylation is 1. The van der Waals surface area contributed by atoms with E-state index in [1.165, 1.54) is 24.9 Å². The van der Waals surface area contributed by atoms with Gasteiger partial charge < -0.3 is 0 Å². The summed E-state index contributed by atoms with van der Waals surface area (Å²) >= 11 is 0. The van der Waals surface area contributed by atoms with E-state index in [1.54, 1.807) is 12.7 Å². The van der Waals surface area contributed by atoms with Gasteiger partial charge in [0.15, 0.2) is 0 Å². The van der Waals surface area contributed by atoms with Crippen LogP contribution in [0.1, 0.15) is 18.4 Å². The van der Waals surface area contributed by atoms with Crippen LogP contribution >= 0.6 is 0 Å². The summed E-state index contributed by atoms with van der Waals surface area (Å²) in [5.41, 5.74) is 1.30. The van der Waals surface area contributed by atoms with Gasteiger partial charge in [-0.25, -0.2) is 4.98 Å². The van der Waals surface area contributed by atoms with Crippen molar-refractivity contribution in [2.24, 2.45) is 13.0 Å². The fourth-order valence-corrected chi connectivity index (χ4v) is 2.85. The van der Waals surface area contributed by atoms with Gasteiger partial charge in [0.1, 0.15) is 12.7 Å². The second-order valence-corrected chi connectivity index (χ2v) is 5.38. The lowest BCUT2D eigenvalue weighted by atomic mass is 9.98. The summed E-state index contributed by atoms with van der Waals surface area (Å²) in [6.45, 7) is 4.29. The fourth-order valence-electron chi connectivity index (χ4n) is 2.85. The average molecular weight is 260 g/mol. The molecule has 3 rings (SSSR count). The van der Waals surface area contributed by atoms with E-state index in [2.05, 4.69) is 26.3 Å². The Bertz CT molecular complexity index is 503. The number of aromatic nitrogens is 5. The van der Waals surface area contributed by atoms with Crippen molar-refractivity contribution in [3.05, 3.63) is 30.6 Å². The minimum absolute atomic E-state index is 0.673. The van der Waals surface area contributed by atoms with Gasteiger partial charge in [0.25, 0.3) is 0 Å². The molecule has 0 bridgehead atoms. The van der Waals surface area contributed by atoms with Gasteiger partial charge in [0.2, 0.25) is 0 Å². The van der Waals surface area contributed by atoms with E-state index in [9.17, 15) is 0 Å². The molecule has 1 saturated heterocycles. The van der Waals surface area contributed by atoms with Crippen molar-refractivity contribution in [2.75, 3.05) is 13.1 Å². The lowest BCUT2D eigenvalue weighted by molar-refractivity contribution is 0.153. The first-order chi connectivity index (χ1) is 9.29. The molecule has 2 aromatic heterocycles.